The molecule has 278 valence electrons. The summed E-state index contributed by atoms with van der Waals surface area (Å²) >= 11 is 0. The van der Waals surface area contributed by atoms with E-state index in [4.69, 9.17) is 9.16 Å². The Bertz CT molecular complexity index is 1930. The summed E-state index contributed by atoms with van der Waals surface area (Å²) in [6, 6.07) is 19.2. The highest BCUT2D eigenvalue weighted by atomic mass is 32.2. The van der Waals surface area contributed by atoms with Gasteiger partial charge >= 0.3 is 0 Å². The fourth-order valence-corrected chi connectivity index (χ4v) is 17.3. The van der Waals surface area contributed by atoms with Gasteiger partial charge in [-0.1, -0.05) is 89.2 Å². The van der Waals surface area contributed by atoms with E-state index in [1.807, 2.05) is 30.3 Å². The minimum Gasteiger partial charge on any atom is -0.409 e. The maximum atomic E-state index is 15.3. The van der Waals surface area contributed by atoms with E-state index in [-0.39, 0.29) is 47.7 Å². The molecule has 4 fully saturated rings. The molecule has 5 aliphatic carbocycles. The van der Waals surface area contributed by atoms with E-state index in [1.165, 1.54) is 4.31 Å². The van der Waals surface area contributed by atoms with Crippen molar-refractivity contribution in [3.63, 3.8) is 0 Å². The van der Waals surface area contributed by atoms with Crippen molar-refractivity contribution in [3.8, 4) is 0 Å². The van der Waals surface area contributed by atoms with Crippen molar-refractivity contribution < 1.29 is 32.0 Å². The van der Waals surface area contributed by atoms with Crippen LogP contribution in [0.1, 0.15) is 93.0 Å². The minimum absolute atomic E-state index is 0.00882. The van der Waals surface area contributed by atoms with Gasteiger partial charge in [-0.25, -0.2) is 12.7 Å². The van der Waals surface area contributed by atoms with Gasteiger partial charge in [0.05, 0.1) is 37.0 Å². The Morgan fingerprint density at radius 3 is 2.19 bits per heavy atom. The molecule has 3 saturated carbocycles. The molecule has 1 heterocycles. The Morgan fingerprint density at radius 1 is 0.885 bits per heavy atom. The lowest BCUT2D eigenvalue weighted by Gasteiger charge is -2.42. The second-order valence-corrected chi connectivity index (χ2v) is 23.7. The fraction of sp³-hybridized carbons (Fsp3) is 0.595. The first-order valence-electron chi connectivity index (χ1n) is 19.6. The number of carbonyl (C=O) groups excluding carboxylic acids is 3. The van der Waals surface area contributed by atoms with Gasteiger partial charge in [-0.2, -0.15) is 0 Å². The summed E-state index contributed by atoms with van der Waals surface area (Å²) < 4.78 is 43.6. The van der Waals surface area contributed by atoms with Gasteiger partial charge in [0, 0.05) is 28.4 Å². The zero-order chi connectivity index (χ0) is 36.8. The Labute approximate surface area is 309 Å². The van der Waals surface area contributed by atoms with Gasteiger partial charge in [0.25, 0.3) is 0 Å². The molecule has 8 rings (SSSR count). The van der Waals surface area contributed by atoms with Gasteiger partial charge < -0.3 is 9.16 Å². The molecule has 2 aromatic rings. The zero-order valence-corrected chi connectivity index (χ0v) is 33.0. The number of carbonyl (C=O) groups is 3. The van der Waals surface area contributed by atoms with Crippen LogP contribution in [0.4, 0.5) is 0 Å². The average Bonchev–Trinajstić information content (AvgIpc) is 3.78. The van der Waals surface area contributed by atoms with Gasteiger partial charge in [-0.05, 0) is 84.2 Å². The molecule has 1 amide bonds. The highest BCUT2D eigenvalue weighted by Gasteiger charge is 2.73. The maximum Gasteiger partial charge on any atom is 0.242 e. The molecule has 8 nitrogen and oxygen atoms in total. The van der Waals surface area contributed by atoms with Crippen molar-refractivity contribution in [2.24, 2.45) is 40.4 Å². The summed E-state index contributed by atoms with van der Waals surface area (Å²) in [6.45, 7) is 11.5. The number of ether oxygens (including phenoxy) is 1. The lowest BCUT2D eigenvalue weighted by atomic mass is 9.61. The van der Waals surface area contributed by atoms with E-state index in [1.54, 1.807) is 24.3 Å². The van der Waals surface area contributed by atoms with Crippen LogP contribution in [0.5, 0.6) is 0 Å². The van der Waals surface area contributed by atoms with Crippen molar-refractivity contribution in [3.05, 3.63) is 82.4 Å². The fourth-order valence-electron chi connectivity index (χ4n) is 11.9. The smallest absolute Gasteiger partial charge is 0.242 e. The van der Waals surface area contributed by atoms with E-state index in [2.05, 4.69) is 34.6 Å². The molecule has 10 heteroatoms. The molecule has 1 aliphatic heterocycles. The van der Waals surface area contributed by atoms with Crippen LogP contribution in [0.25, 0.3) is 0 Å². The molecule has 52 heavy (non-hydrogen) atoms. The van der Waals surface area contributed by atoms with E-state index in [0.29, 0.717) is 36.5 Å². The van der Waals surface area contributed by atoms with Crippen molar-refractivity contribution in [2.75, 3.05) is 12.4 Å². The highest BCUT2D eigenvalue weighted by Crippen LogP contribution is 2.70. The van der Waals surface area contributed by atoms with Crippen LogP contribution in [0.2, 0.25) is 18.1 Å². The third-order valence-electron chi connectivity index (χ3n) is 15.1. The average molecular weight is 744 g/mol. The Kier molecular flexibility index (Phi) is 8.91. The first-order valence-corrected chi connectivity index (χ1v) is 23.7. The summed E-state index contributed by atoms with van der Waals surface area (Å²) in [5, 5.41) is 0. The number of Topliss-reactive ketones (excluding diaryl/α,β-unsaturated/α-hetero) is 2. The quantitative estimate of drug-likeness (QED) is 0.182. The number of hydrogen-bond donors (Lipinski definition) is 0. The third kappa shape index (κ3) is 5.17. The van der Waals surface area contributed by atoms with Crippen molar-refractivity contribution in [1.29, 1.82) is 0 Å². The topological polar surface area (TPSA) is 107 Å². The Hall–Kier alpha value is -2.92. The summed E-state index contributed by atoms with van der Waals surface area (Å²) in [5.74, 6) is -2.50. The van der Waals surface area contributed by atoms with Gasteiger partial charge in [0.1, 0.15) is 0 Å². The summed E-state index contributed by atoms with van der Waals surface area (Å²) in [5.41, 5.74) is 3.16. The molecular weight excluding hydrogens is 691 g/mol. The monoisotopic (exact) mass is 743 g/mol. The van der Waals surface area contributed by atoms with E-state index in [0.717, 1.165) is 47.7 Å². The van der Waals surface area contributed by atoms with Crippen LogP contribution in [-0.4, -0.2) is 63.0 Å². The zero-order valence-electron chi connectivity index (χ0n) is 31.2. The summed E-state index contributed by atoms with van der Waals surface area (Å²) in [4.78, 5) is 44.0. The number of sulfonamides is 1. The molecule has 0 radical (unpaired) electrons. The van der Waals surface area contributed by atoms with Crippen LogP contribution in [0.3, 0.4) is 0 Å². The number of nitrogens with zero attached hydrogens (tertiary/aromatic N) is 1. The van der Waals surface area contributed by atoms with E-state index < -0.39 is 53.5 Å². The van der Waals surface area contributed by atoms with Crippen molar-refractivity contribution in [2.45, 2.75) is 104 Å². The molecule has 6 aliphatic rings. The lowest BCUT2D eigenvalue weighted by molar-refractivity contribution is -0.135. The second-order valence-electron chi connectivity index (χ2n) is 17.1. The Balaban J connectivity index is 1.24. The first kappa shape index (κ1) is 36.1. The van der Waals surface area contributed by atoms with E-state index >= 15 is 4.79 Å². The number of fused-ring (bicyclic) bond motifs is 5. The van der Waals surface area contributed by atoms with Crippen LogP contribution < -0.4 is 0 Å². The first-order chi connectivity index (χ1) is 24.8. The standard InChI is InChI=1S/C42H53NO7SSi/c1-6-52(7-2,8-3)50-39-33(40(46)43-34-21-28-18-19-42(34,41(28,4)5)25-51(43,47)48)22-31-35(39)27(24-49-23-26-14-10-9-11-15-26)20-32-36(31)38(45)30-17-13-12-16-29(30)37(32)44/h9-17,28,31-34,36,39H,6-8,18-25H2,1-5H3/t28?,31-,32+,33-,34?,36-,39-,42-/m1/s1. The third-order valence-corrected chi connectivity index (χ3v) is 21.6. The number of hydrogen-bond acceptors (Lipinski definition) is 7. The summed E-state index contributed by atoms with van der Waals surface area (Å²) in [6.07, 6.45) is 2.48. The molecule has 2 aromatic carbocycles. The van der Waals surface area contributed by atoms with E-state index in [9.17, 15) is 18.0 Å². The lowest BCUT2D eigenvalue weighted by Crippen LogP contribution is -2.50. The second kappa shape index (κ2) is 12.8. The number of rotatable bonds is 10. The maximum absolute atomic E-state index is 15.3. The van der Waals surface area contributed by atoms with Crippen LogP contribution >= 0.6 is 0 Å². The van der Waals surface area contributed by atoms with Crippen LogP contribution in [-0.2, 0) is 30.6 Å². The summed E-state index contributed by atoms with van der Waals surface area (Å²) in [7, 11) is -6.26. The molecule has 1 spiro atoms. The predicted molar refractivity (Wildman–Crippen MR) is 201 cm³/mol. The van der Waals surface area contributed by atoms with Crippen LogP contribution in [0.15, 0.2) is 65.7 Å². The molecule has 8 atom stereocenters. The largest absolute Gasteiger partial charge is 0.409 e. The van der Waals surface area contributed by atoms with Gasteiger partial charge in [-0.3, -0.25) is 14.4 Å². The number of ketones is 2. The number of amides is 1. The molecule has 2 unspecified atom stereocenters. The predicted octanol–water partition coefficient (Wildman–Crippen LogP) is 7.61. The highest BCUT2D eigenvalue weighted by molar-refractivity contribution is 7.90. The van der Waals surface area contributed by atoms with Gasteiger partial charge in [-0.15, -0.1) is 0 Å². The van der Waals surface area contributed by atoms with Gasteiger partial charge in [0.15, 0.2) is 19.9 Å². The van der Waals surface area contributed by atoms with Crippen LogP contribution in [0, 0.1) is 40.4 Å². The molecule has 0 N–H and O–H groups in total. The molecule has 1 saturated heterocycles. The van der Waals surface area contributed by atoms with Gasteiger partial charge in [0.2, 0.25) is 15.9 Å². The Morgan fingerprint density at radius 2 is 1.54 bits per heavy atom. The van der Waals surface area contributed by atoms with Crippen molar-refractivity contribution >= 4 is 35.8 Å². The molecule has 0 aromatic heterocycles. The minimum atomic E-state index is -3.88. The molecule has 2 bridgehead atoms. The normalized spacial score (nSPS) is 33.9. The number of benzene rings is 2. The molecular formula is C42H53NO7SSi. The van der Waals surface area contributed by atoms with Crippen molar-refractivity contribution in [1.82, 2.24) is 4.31 Å². The SMILES string of the molecule is CC[Si](CC)(CC)O[C@H]1C2=C(COCc3ccccc3)C[C@@H]3C(=O)c4ccccc4C(=O)[C@@H]3[C@@H]2C[C@H]1C(=O)N1C2CC3CC[C@]2(CS1(=O)=O)C3(C)C.